The molecular weight excluding hydrogens is 212 g/mol. The maximum Gasteiger partial charge on any atom is 0.120 e. The summed E-state index contributed by atoms with van der Waals surface area (Å²) in [6, 6.07) is 6.40. The molecule has 3 nitrogen and oxygen atoms in total. The van der Waals surface area contributed by atoms with Crippen LogP contribution in [0.4, 0.5) is 0 Å². The number of aromatic nitrogens is 1. The second kappa shape index (κ2) is 4.08. The SMILES string of the molecule is CCOc1ccc2c(c1)c(C)c1n2CNCC1. The van der Waals surface area contributed by atoms with Gasteiger partial charge in [0.05, 0.1) is 13.3 Å². The lowest BCUT2D eigenvalue weighted by atomic mass is 10.1. The molecule has 1 aromatic carbocycles. The molecule has 2 aromatic rings. The van der Waals surface area contributed by atoms with Crippen molar-refractivity contribution in [3.05, 3.63) is 29.5 Å². The molecule has 2 heterocycles. The maximum absolute atomic E-state index is 5.58. The fraction of sp³-hybridized carbons (Fsp3) is 0.429. The molecule has 1 N–H and O–H groups in total. The van der Waals surface area contributed by atoms with Crippen molar-refractivity contribution in [3.8, 4) is 5.75 Å². The van der Waals surface area contributed by atoms with Crippen LogP contribution >= 0.6 is 0 Å². The van der Waals surface area contributed by atoms with Crippen LogP contribution in [-0.4, -0.2) is 17.7 Å². The number of hydrogen-bond acceptors (Lipinski definition) is 2. The van der Waals surface area contributed by atoms with Gasteiger partial charge < -0.3 is 9.30 Å². The highest BCUT2D eigenvalue weighted by atomic mass is 16.5. The summed E-state index contributed by atoms with van der Waals surface area (Å²) in [6.07, 6.45) is 1.12. The highest BCUT2D eigenvalue weighted by Crippen LogP contribution is 2.30. The number of rotatable bonds is 2. The summed E-state index contributed by atoms with van der Waals surface area (Å²) < 4.78 is 7.95. The molecule has 0 spiro atoms. The summed E-state index contributed by atoms with van der Waals surface area (Å²) in [7, 11) is 0. The van der Waals surface area contributed by atoms with Crippen LogP contribution < -0.4 is 10.1 Å². The van der Waals surface area contributed by atoms with Gasteiger partial charge in [-0.2, -0.15) is 0 Å². The smallest absolute Gasteiger partial charge is 0.120 e. The minimum absolute atomic E-state index is 0.722. The van der Waals surface area contributed by atoms with E-state index in [0.717, 1.165) is 32.0 Å². The van der Waals surface area contributed by atoms with Crippen molar-refractivity contribution in [2.45, 2.75) is 26.9 Å². The topological polar surface area (TPSA) is 26.2 Å². The van der Waals surface area contributed by atoms with Crippen molar-refractivity contribution in [2.75, 3.05) is 13.2 Å². The normalized spacial score (nSPS) is 14.9. The Morgan fingerprint density at radius 1 is 1.41 bits per heavy atom. The average molecular weight is 230 g/mol. The molecule has 90 valence electrons. The highest BCUT2D eigenvalue weighted by Gasteiger charge is 2.16. The van der Waals surface area contributed by atoms with E-state index in [1.165, 1.54) is 22.2 Å². The van der Waals surface area contributed by atoms with Gasteiger partial charge in [0.15, 0.2) is 0 Å². The first-order valence-corrected chi connectivity index (χ1v) is 6.26. The molecule has 0 saturated carbocycles. The van der Waals surface area contributed by atoms with Crippen molar-refractivity contribution in [1.29, 1.82) is 0 Å². The van der Waals surface area contributed by atoms with E-state index in [0.29, 0.717) is 0 Å². The van der Waals surface area contributed by atoms with E-state index in [1.54, 1.807) is 0 Å². The fourth-order valence-corrected chi connectivity index (χ4v) is 2.71. The lowest BCUT2D eigenvalue weighted by molar-refractivity contribution is 0.340. The predicted octanol–water partition coefficient (Wildman–Crippen LogP) is 2.45. The van der Waals surface area contributed by atoms with Crippen molar-refractivity contribution in [1.82, 2.24) is 9.88 Å². The summed E-state index contributed by atoms with van der Waals surface area (Å²) in [6.45, 7) is 6.96. The quantitative estimate of drug-likeness (QED) is 0.857. The molecule has 0 radical (unpaired) electrons. The number of ether oxygens (including phenoxy) is 1. The Labute approximate surface area is 101 Å². The summed E-state index contributed by atoms with van der Waals surface area (Å²) in [5, 5.41) is 4.75. The number of fused-ring (bicyclic) bond motifs is 3. The van der Waals surface area contributed by atoms with Gasteiger partial charge in [0.25, 0.3) is 0 Å². The monoisotopic (exact) mass is 230 g/mol. The lowest BCUT2D eigenvalue weighted by Gasteiger charge is -2.18. The highest BCUT2D eigenvalue weighted by molar-refractivity contribution is 5.86. The zero-order valence-electron chi connectivity index (χ0n) is 10.4. The Hall–Kier alpha value is -1.48. The van der Waals surface area contributed by atoms with Gasteiger partial charge in [-0.1, -0.05) is 0 Å². The van der Waals surface area contributed by atoms with Crippen LogP contribution in [0.1, 0.15) is 18.2 Å². The molecule has 1 aromatic heterocycles. The van der Waals surface area contributed by atoms with E-state index < -0.39 is 0 Å². The van der Waals surface area contributed by atoms with Crippen molar-refractivity contribution < 1.29 is 4.74 Å². The lowest BCUT2D eigenvalue weighted by Crippen LogP contribution is -2.28. The van der Waals surface area contributed by atoms with E-state index in [2.05, 4.69) is 35.0 Å². The van der Waals surface area contributed by atoms with E-state index in [1.807, 2.05) is 6.92 Å². The first-order valence-electron chi connectivity index (χ1n) is 6.26. The van der Waals surface area contributed by atoms with Crippen LogP contribution in [-0.2, 0) is 13.1 Å². The Morgan fingerprint density at radius 2 is 2.29 bits per heavy atom. The van der Waals surface area contributed by atoms with Gasteiger partial charge in [0, 0.05) is 29.6 Å². The van der Waals surface area contributed by atoms with E-state index in [-0.39, 0.29) is 0 Å². The second-order valence-electron chi connectivity index (χ2n) is 4.52. The van der Waals surface area contributed by atoms with Crippen LogP contribution in [0.25, 0.3) is 10.9 Å². The molecule has 0 unspecified atom stereocenters. The molecule has 0 amide bonds. The Morgan fingerprint density at radius 3 is 3.12 bits per heavy atom. The number of hydrogen-bond donors (Lipinski definition) is 1. The van der Waals surface area contributed by atoms with Crippen molar-refractivity contribution >= 4 is 10.9 Å². The third-order valence-corrected chi connectivity index (χ3v) is 3.54. The maximum atomic E-state index is 5.58. The Bertz CT molecular complexity index is 557. The van der Waals surface area contributed by atoms with Crippen LogP contribution in [0.3, 0.4) is 0 Å². The molecule has 1 aliphatic rings. The molecule has 17 heavy (non-hydrogen) atoms. The summed E-state index contributed by atoms with van der Waals surface area (Å²) in [5.41, 5.74) is 4.18. The average Bonchev–Trinajstić information content (AvgIpc) is 2.65. The van der Waals surface area contributed by atoms with Gasteiger partial charge in [0.1, 0.15) is 5.75 Å². The van der Waals surface area contributed by atoms with Gasteiger partial charge >= 0.3 is 0 Å². The van der Waals surface area contributed by atoms with Crippen LogP contribution in [0.5, 0.6) is 5.75 Å². The molecule has 0 saturated heterocycles. The molecule has 1 aliphatic heterocycles. The standard InChI is InChI=1S/C14H18N2O/c1-3-17-11-4-5-14-12(8-11)10(2)13-6-7-15-9-16(13)14/h4-5,8,15H,3,6-7,9H2,1-2H3. The third kappa shape index (κ3) is 1.62. The minimum Gasteiger partial charge on any atom is -0.494 e. The predicted molar refractivity (Wildman–Crippen MR) is 69.6 cm³/mol. The molecule has 0 aliphatic carbocycles. The summed E-state index contributed by atoms with van der Waals surface area (Å²) in [5.74, 6) is 0.971. The molecule has 3 heteroatoms. The molecule has 3 rings (SSSR count). The number of nitrogens with one attached hydrogen (secondary N) is 1. The largest absolute Gasteiger partial charge is 0.494 e. The Kier molecular flexibility index (Phi) is 2.56. The number of benzene rings is 1. The van der Waals surface area contributed by atoms with Crippen LogP contribution in [0.2, 0.25) is 0 Å². The zero-order valence-corrected chi connectivity index (χ0v) is 10.4. The number of nitrogens with zero attached hydrogens (tertiary/aromatic N) is 1. The van der Waals surface area contributed by atoms with Gasteiger partial charge in [-0.25, -0.2) is 0 Å². The molecular formula is C14H18N2O. The third-order valence-electron chi connectivity index (χ3n) is 3.54. The van der Waals surface area contributed by atoms with E-state index in [9.17, 15) is 0 Å². The van der Waals surface area contributed by atoms with Gasteiger partial charge in [-0.05, 0) is 37.6 Å². The second-order valence-corrected chi connectivity index (χ2v) is 4.52. The van der Waals surface area contributed by atoms with Crippen molar-refractivity contribution in [3.63, 3.8) is 0 Å². The summed E-state index contributed by atoms with van der Waals surface area (Å²) in [4.78, 5) is 0. The van der Waals surface area contributed by atoms with Gasteiger partial charge in [-0.3, -0.25) is 5.32 Å². The first-order chi connectivity index (χ1) is 8.31. The van der Waals surface area contributed by atoms with Gasteiger partial charge in [-0.15, -0.1) is 0 Å². The Balaban J connectivity index is 2.20. The van der Waals surface area contributed by atoms with Crippen LogP contribution in [0, 0.1) is 6.92 Å². The zero-order chi connectivity index (χ0) is 11.8. The summed E-state index contributed by atoms with van der Waals surface area (Å²) >= 11 is 0. The molecule has 0 bridgehead atoms. The molecule has 0 fully saturated rings. The minimum atomic E-state index is 0.722. The number of aryl methyl sites for hydroxylation is 1. The first kappa shape index (κ1) is 10.7. The van der Waals surface area contributed by atoms with Crippen LogP contribution in [0.15, 0.2) is 18.2 Å². The fourth-order valence-electron chi connectivity index (χ4n) is 2.71. The molecule has 0 atom stereocenters. The van der Waals surface area contributed by atoms with Crippen molar-refractivity contribution in [2.24, 2.45) is 0 Å². The van der Waals surface area contributed by atoms with E-state index >= 15 is 0 Å². The van der Waals surface area contributed by atoms with Gasteiger partial charge in [0.2, 0.25) is 0 Å². The van der Waals surface area contributed by atoms with E-state index in [4.69, 9.17) is 4.74 Å².